The summed E-state index contributed by atoms with van der Waals surface area (Å²) in [4.78, 5) is 11.0. The van der Waals surface area contributed by atoms with Gasteiger partial charge in [-0.15, -0.1) is 11.3 Å². The molecule has 9 aromatic rings. The van der Waals surface area contributed by atoms with E-state index in [9.17, 15) is 0 Å². The van der Waals surface area contributed by atoms with Crippen LogP contribution in [-0.4, -0.2) is 22.6 Å². The summed E-state index contributed by atoms with van der Waals surface area (Å²) in [7, 11) is -2.08. The van der Waals surface area contributed by atoms with Gasteiger partial charge in [0.05, 0.1) is 22.4 Å². The molecule has 0 atom stereocenters. The molecule has 0 N–H and O–H groups in total. The average molecular weight is 636 g/mol. The third-order valence-electron chi connectivity index (χ3n) is 9.97. The zero-order valence-electron chi connectivity index (χ0n) is 26.0. The van der Waals surface area contributed by atoms with Crippen molar-refractivity contribution in [1.29, 1.82) is 0 Å². The van der Waals surface area contributed by atoms with E-state index >= 15 is 0 Å². The fourth-order valence-corrected chi connectivity index (χ4v) is 11.8. The van der Waals surface area contributed by atoms with Gasteiger partial charge in [-0.3, -0.25) is 0 Å². The van der Waals surface area contributed by atoms with E-state index in [0.29, 0.717) is 0 Å². The maximum Gasteiger partial charge on any atom is 0.161 e. The largest absolute Gasteiger partial charge is 0.308 e. The van der Waals surface area contributed by atoms with E-state index in [-0.39, 0.29) is 0 Å². The molecule has 0 aliphatic carbocycles. The lowest BCUT2D eigenvalue weighted by atomic mass is 10.0. The van der Waals surface area contributed by atoms with Crippen LogP contribution < -0.4 is 10.5 Å². The zero-order valence-corrected chi connectivity index (χ0v) is 27.8. The molecule has 0 saturated carbocycles. The Hall–Kier alpha value is -5.36. The molecule has 3 aromatic heterocycles. The molecule has 6 aromatic carbocycles. The first kappa shape index (κ1) is 26.8. The lowest BCUT2D eigenvalue weighted by molar-refractivity contribution is 1.15. The molecule has 0 spiro atoms. The van der Waals surface area contributed by atoms with E-state index in [1.807, 2.05) is 11.3 Å². The molecule has 5 heteroatoms. The number of nitrogens with zero attached hydrogens (tertiary/aromatic N) is 3. The topological polar surface area (TPSA) is 30.7 Å². The zero-order chi connectivity index (χ0) is 31.3. The number of para-hydroxylation sites is 2. The molecule has 47 heavy (non-hydrogen) atoms. The van der Waals surface area contributed by atoms with Crippen molar-refractivity contribution in [2.24, 2.45) is 0 Å². The van der Waals surface area contributed by atoms with Gasteiger partial charge in [-0.25, -0.2) is 9.97 Å². The maximum atomic E-state index is 5.53. The third kappa shape index (κ3) is 3.78. The van der Waals surface area contributed by atoms with Crippen LogP contribution in [0.5, 0.6) is 0 Å². The summed E-state index contributed by atoms with van der Waals surface area (Å²) in [6.07, 6.45) is 0. The van der Waals surface area contributed by atoms with E-state index in [0.717, 1.165) is 28.3 Å². The summed E-state index contributed by atoms with van der Waals surface area (Å²) in [5, 5.41) is 7.79. The fraction of sp³-hybridized carbons (Fsp3) is 0.0476. The maximum absolute atomic E-state index is 5.53. The monoisotopic (exact) mass is 635 g/mol. The highest BCUT2D eigenvalue weighted by Crippen LogP contribution is 2.42. The number of aromatic nitrogens is 3. The molecule has 0 amide bonds. The van der Waals surface area contributed by atoms with Crippen molar-refractivity contribution >= 4 is 71.9 Å². The van der Waals surface area contributed by atoms with Gasteiger partial charge in [0.15, 0.2) is 5.82 Å². The predicted molar refractivity (Wildman–Crippen MR) is 202 cm³/mol. The van der Waals surface area contributed by atoms with Gasteiger partial charge < -0.3 is 4.57 Å². The molecule has 0 fully saturated rings. The molecule has 3 nitrogen and oxygen atoms in total. The Labute approximate surface area is 277 Å². The van der Waals surface area contributed by atoms with E-state index in [4.69, 9.17) is 9.97 Å². The Bertz CT molecular complexity index is 2720. The summed E-state index contributed by atoms with van der Waals surface area (Å²) in [6, 6.07) is 50.5. The van der Waals surface area contributed by atoms with E-state index in [1.54, 1.807) is 0 Å². The number of hydrogen-bond acceptors (Lipinski definition) is 3. The quantitative estimate of drug-likeness (QED) is 0.181. The first-order chi connectivity index (χ1) is 23.1. The molecule has 0 unspecified atom stereocenters. The summed E-state index contributed by atoms with van der Waals surface area (Å²) in [5.74, 6) is 0.778. The van der Waals surface area contributed by atoms with Gasteiger partial charge >= 0.3 is 0 Å². The van der Waals surface area contributed by atoms with Crippen LogP contribution in [0.2, 0.25) is 13.1 Å². The van der Waals surface area contributed by atoms with Crippen LogP contribution in [0.15, 0.2) is 140 Å². The van der Waals surface area contributed by atoms with Crippen molar-refractivity contribution in [1.82, 2.24) is 14.5 Å². The third-order valence-corrected chi connectivity index (χ3v) is 14.4. The first-order valence-electron chi connectivity index (χ1n) is 16.1. The van der Waals surface area contributed by atoms with Gasteiger partial charge in [0.1, 0.15) is 8.07 Å². The van der Waals surface area contributed by atoms with Crippen molar-refractivity contribution in [2.75, 3.05) is 0 Å². The Kier molecular flexibility index (Phi) is 5.60. The minimum absolute atomic E-state index is 0.778. The highest BCUT2D eigenvalue weighted by molar-refractivity contribution is 7.25. The van der Waals surface area contributed by atoms with Crippen molar-refractivity contribution in [3.63, 3.8) is 0 Å². The molecule has 0 bridgehead atoms. The van der Waals surface area contributed by atoms with E-state index in [1.165, 1.54) is 63.6 Å². The van der Waals surface area contributed by atoms with Gasteiger partial charge in [-0.05, 0) is 47.1 Å². The predicted octanol–water partition coefficient (Wildman–Crippen LogP) is 10.1. The summed E-state index contributed by atoms with van der Waals surface area (Å²) >= 11 is 1.86. The molecule has 222 valence electrons. The fourth-order valence-electron chi connectivity index (χ4n) is 7.77. The highest BCUT2D eigenvalue weighted by atomic mass is 32.1. The van der Waals surface area contributed by atoms with Crippen LogP contribution in [0.3, 0.4) is 0 Å². The summed E-state index contributed by atoms with van der Waals surface area (Å²) < 4.78 is 5.05. The number of fused-ring (bicyclic) bond motifs is 9. The second-order valence-corrected chi connectivity index (χ2v) is 18.3. The Morgan fingerprint density at radius 1 is 0.553 bits per heavy atom. The molecule has 1 aliphatic heterocycles. The summed E-state index contributed by atoms with van der Waals surface area (Å²) in [6.45, 7) is 4.86. The highest BCUT2D eigenvalue weighted by Gasteiger charge is 2.41. The van der Waals surface area contributed by atoms with Crippen molar-refractivity contribution in [3.8, 4) is 39.5 Å². The van der Waals surface area contributed by atoms with Gasteiger partial charge in [-0.1, -0.05) is 116 Å². The van der Waals surface area contributed by atoms with Crippen LogP contribution >= 0.6 is 11.3 Å². The lowest BCUT2D eigenvalue weighted by Crippen LogP contribution is -2.50. The lowest BCUT2D eigenvalue weighted by Gasteiger charge is -2.20. The van der Waals surface area contributed by atoms with Crippen LogP contribution in [0.1, 0.15) is 0 Å². The minimum atomic E-state index is -2.08. The summed E-state index contributed by atoms with van der Waals surface area (Å²) in [5.41, 5.74) is 9.13. The number of thiophene rings is 1. The Morgan fingerprint density at radius 3 is 2.13 bits per heavy atom. The van der Waals surface area contributed by atoms with E-state index < -0.39 is 8.07 Å². The number of benzene rings is 6. The molecule has 0 radical (unpaired) electrons. The van der Waals surface area contributed by atoms with Crippen molar-refractivity contribution in [3.05, 3.63) is 140 Å². The Morgan fingerprint density at radius 2 is 1.26 bits per heavy atom. The van der Waals surface area contributed by atoms with Crippen molar-refractivity contribution < 1.29 is 0 Å². The standard InChI is InChI=1S/C42H29N3SSi/c1-47(2)38-23-13-9-19-30(38)39-40(26-14-4-3-5-15-26)43-41(44-42(39)47)29-18-7-11-21-34(29)45-33-20-10-6-16-27(33)31-24-32-28-17-8-12-22-36(28)46-37(32)25-35(31)45/h3-25H,1-2H3. The smallest absolute Gasteiger partial charge is 0.161 e. The van der Waals surface area contributed by atoms with Crippen LogP contribution in [0, 0.1) is 0 Å². The number of rotatable bonds is 3. The van der Waals surface area contributed by atoms with Crippen molar-refractivity contribution in [2.45, 2.75) is 13.1 Å². The van der Waals surface area contributed by atoms with Gasteiger partial charge in [0.25, 0.3) is 0 Å². The second kappa shape index (κ2) is 9.82. The molecule has 10 rings (SSSR count). The Balaban J connectivity index is 1.28. The van der Waals surface area contributed by atoms with Gasteiger partial charge in [0, 0.05) is 53.0 Å². The first-order valence-corrected chi connectivity index (χ1v) is 19.9. The van der Waals surface area contributed by atoms with Gasteiger partial charge in [0.2, 0.25) is 0 Å². The minimum Gasteiger partial charge on any atom is -0.308 e. The molecular weight excluding hydrogens is 607 g/mol. The average Bonchev–Trinajstić information content (AvgIpc) is 3.72. The number of hydrogen-bond donors (Lipinski definition) is 0. The van der Waals surface area contributed by atoms with Gasteiger partial charge in [-0.2, -0.15) is 0 Å². The van der Waals surface area contributed by atoms with Crippen LogP contribution in [0.4, 0.5) is 0 Å². The van der Waals surface area contributed by atoms with Crippen LogP contribution in [-0.2, 0) is 0 Å². The normalized spacial score (nSPS) is 13.5. The molecule has 0 saturated heterocycles. The van der Waals surface area contributed by atoms with E-state index in [2.05, 4.69) is 157 Å². The molecular formula is C42H29N3SSi. The van der Waals surface area contributed by atoms with Crippen LogP contribution in [0.25, 0.3) is 81.4 Å². The molecule has 4 heterocycles. The second-order valence-electron chi connectivity index (χ2n) is 13.0. The molecule has 1 aliphatic rings. The SMILES string of the molecule is C[Si]1(C)c2ccccc2-c2c(-c3ccccc3)nc(-c3ccccc3-n3c4ccccc4c4cc5c(cc43)sc3ccccc35)nc21.